The molecule has 21 heavy (non-hydrogen) atoms. The normalized spacial score (nSPS) is 14.7. The Morgan fingerprint density at radius 3 is 2.43 bits per heavy atom. The van der Waals surface area contributed by atoms with Crippen LogP contribution in [-0.2, 0) is 4.74 Å². The van der Waals surface area contributed by atoms with E-state index >= 15 is 0 Å². The minimum absolute atomic E-state index is 0.0109. The average Bonchev–Trinajstić information content (AvgIpc) is 2.98. The van der Waals surface area contributed by atoms with Gasteiger partial charge in [-0.15, -0.1) is 0 Å². The van der Waals surface area contributed by atoms with Gasteiger partial charge in [-0.1, -0.05) is 12.8 Å². The van der Waals surface area contributed by atoms with E-state index in [1.165, 1.54) is 13.2 Å². The molecular formula is C14H16N2O5. The predicted octanol–water partition coefficient (Wildman–Crippen LogP) is 2.05. The molecule has 0 atom stereocenters. The Kier molecular flexibility index (Phi) is 4.52. The molecule has 1 aliphatic carbocycles. The van der Waals surface area contributed by atoms with Gasteiger partial charge in [0.2, 0.25) is 0 Å². The molecule has 0 saturated heterocycles. The fourth-order valence-electron chi connectivity index (χ4n) is 2.42. The Morgan fingerprint density at radius 1 is 1.24 bits per heavy atom. The summed E-state index contributed by atoms with van der Waals surface area (Å²) in [6, 6.07) is 3.66. The lowest BCUT2D eigenvalue weighted by atomic mass is 10.1. The number of hydrogen-bond acceptors (Lipinski definition) is 5. The number of nitrogens with one attached hydrogen (secondary N) is 1. The van der Waals surface area contributed by atoms with Crippen LogP contribution in [0.15, 0.2) is 18.2 Å². The SMILES string of the molecule is COC(=O)c1cc(C(=O)NC2CCCC2)cc([N+](=O)[O-])c1. The van der Waals surface area contributed by atoms with Gasteiger partial charge in [-0.05, 0) is 18.9 Å². The van der Waals surface area contributed by atoms with Crippen LogP contribution in [0.2, 0.25) is 0 Å². The van der Waals surface area contributed by atoms with Crippen molar-refractivity contribution >= 4 is 17.6 Å². The predicted molar refractivity (Wildman–Crippen MR) is 74.2 cm³/mol. The topological polar surface area (TPSA) is 98.5 Å². The van der Waals surface area contributed by atoms with E-state index < -0.39 is 16.8 Å². The molecule has 0 spiro atoms. The molecule has 1 fully saturated rings. The van der Waals surface area contributed by atoms with Crippen molar-refractivity contribution in [3.63, 3.8) is 0 Å². The van der Waals surface area contributed by atoms with Crippen LogP contribution in [0.4, 0.5) is 5.69 Å². The lowest BCUT2D eigenvalue weighted by Crippen LogP contribution is -2.32. The van der Waals surface area contributed by atoms with Gasteiger partial charge in [0.05, 0.1) is 17.6 Å². The number of non-ortho nitro benzene ring substituents is 1. The summed E-state index contributed by atoms with van der Waals surface area (Å²) in [5.41, 5.74) is -0.228. The maximum Gasteiger partial charge on any atom is 0.338 e. The summed E-state index contributed by atoms with van der Waals surface area (Å²) in [7, 11) is 1.18. The zero-order chi connectivity index (χ0) is 15.4. The third-order valence-electron chi connectivity index (χ3n) is 3.50. The second-order valence-electron chi connectivity index (χ2n) is 4.97. The average molecular weight is 292 g/mol. The molecule has 0 bridgehead atoms. The standard InChI is InChI=1S/C14H16N2O5/c1-21-14(18)10-6-9(7-12(8-10)16(19)20)13(17)15-11-4-2-3-5-11/h6-8,11H,2-5H2,1H3,(H,15,17). The van der Waals surface area contributed by atoms with Crippen molar-refractivity contribution in [1.82, 2.24) is 5.32 Å². The molecule has 112 valence electrons. The molecule has 1 saturated carbocycles. The lowest BCUT2D eigenvalue weighted by molar-refractivity contribution is -0.384. The van der Waals surface area contributed by atoms with Gasteiger partial charge in [-0.25, -0.2) is 4.79 Å². The number of nitrogens with zero attached hydrogens (tertiary/aromatic N) is 1. The first kappa shape index (κ1) is 15.0. The molecule has 2 rings (SSSR count). The molecule has 1 aromatic rings. The highest BCUT2D eigenvalue weighted by Gasteiger charge is 2.21. The molecule has 0 heterocycles. The quantitative estimate of drug-likeness (QED) is 0.520. The van der Waals surface area contributed by atoms with Crippen LogP contribution in [0.5, 0.6) is 0 Å². The van der Waals surface area contributed by atoms with Crippen molar-refractivity contribution in [2.24, 2.45) is 0 Å². The number of hydrogen-bond donors (Lipinski definition) is 1. The van der Waals surface area contributed by atoms with E-state index in [2.05, 4.69) is 10.1 Å². The van der Waals surface area contributed by atoms with Crippen molar-refractivity contribution in [2.75, 3.05) is 7.11 Å². The van der Waals surface area contributed by atoms with Crippen LogP contribution in [0.25, 0.3) is 0 Å². The van der Waals surface area contributed by atoms with E-state index in [1.54, 1.807) is 0 Å². The van der Waals surface area contributed by atoms with E-state index in [-0.39, 0.29) is 22.9 Å². The summed E-state index contributed by atoms with van der Waals surface area (Å²) in [5, 5.41) is 13.7. The van der Waals surface area contributed by atoms with E-state index in [9.17, 15) is 19.7 Å². The number of carbonyl (C=O) groups excluding carboxylic acids is 2. The molecule has 0 unspecified atom stereocenters. The van der Waals surface area contributed by atoms with Crippen LogP contribution in [0, 0.1) is 10.1 Å². The summed E-state index contributed by atoms with van der Waals surface area (Å²) < 4.78 is 4.55. The lowest BCUT2D eigenvalue weighted by Gasteiger charge is -2.12. The third kappa shape index (κ3) is 3.56. The van der Waals surface area contributed by atoms with Gasteiger partial charge in [0.15, 0.2) is 0 Å². The molecule has 0 radical (unpaired) electrons. The summed E-state index contributed by atoms with van der Waals surface area (Å²) in [5.74, 6) is -1.12. The second kappa shape index (κ2) is 6.34. The van der Waals surface area contributed by atoms with Crippen molar-refractivity contribution in [2.45, 2.75) is 31.7 Å². The molecule has 1 N–H and O–H groups in total. The molecule has 1 amide bonds. The molecule has 7 heteroatoms. The highest BCUT2D eigenvalue weighted by atomic mass is 16.6. The number of benzene rings is 1. The third-order valence-corrected chi connectivity index (χ3v) is 3.50. The molecule has 7 nitrogen and oxygen atoms in total. The van der Waals surface area contributed by atoms with Crippen LogP contribution >= 0.6 is 0 Å². The first-order valence-electron chi connectivity index (χ1n) is 6.70. The van der Waals surface area contributed by atoms with Crippen molar-refractivity contribution in [1.29, 1.82) is 0 Å². The Morgan fingerprint density at radius 2 is 1.86 bits per heavy atom. The highest BCUT2D eigenvalue weighted by Crippen LogP contribution is 2.21. The Labute approximate surface area is 121 Å². The fraction of sp³-hybridized carbons (Fsp3) is 0.429. The van der Waals surface area contributed by atoms with Gasteiger partial charge >= 0.3 is 5.97 Å². The number of nitro groups is 1. The molecule has 1 aromatic carbocycles. The first-order chi connectivity index (χ1) is 10.0. The molecule has 0 aromatic heterocycles. The van der Waals surface area contributed by atoms with Crippen molar-refractivity contribution in [3.05, 3.63) is 39.4 Å². The number of carbonyl (C=O) groups is 2. The van der Waals surface area contributed by atoms with Gasteiger partial charge in [-0.3, -0.25) is 14.9 Å². The van der Waals surface area contributed by atoms with E-state index in [4.69, 9.17) is 0 Å². The number of ether oxygens (including phenoxy) is 1. The minimum Gasteiger partial charge on any atom is -0.465 e. The zero-order valence-electron chi connectivity index (χ0n) is 11.6. The van der Waals surface area contributed by atoms with Crippen LogP contribution in [0.3, 0.4) is 0 Å². The summed E-state index contributed by atoms with van der Waals surface area (Å²) >= 11 is 0. The summed E-state index contributed by atoms with van der Waals surface area (Å²) in [6.07, 6.45) is 3.94. The zero-order valence-corrected chi connectivity index (χ0v) is 11.6. The van der Waals surface area contributed by atoms with Gasteiger partial charge < -0.3 is 10.1 Å². The van der Waals surface area contributed by atoms with Crippen molar-refractivity contribution < 1.29 is 19.2 Å². The number of nitro benzene ring substituents is 1. The van der Waals surface area contributed by atoms with E-state index in [0.717, 1.165) is 37.8 Å². The fourth-order valence-corrected chi connectivity index (χ4v) is 2.42. The Balaban J connectivity index is 2.28. The number of amides is 1. The number of methoxy groups -OCH3 is 1. The van der Waals surface area contributed by atoms with Crippen LogP contribution in [0.1, 0.15) is 46.4 Å². The molecule has 0 aliphatic heterocycles. The highest BCUT2D eigenvalue weighted by molar-refractivity contribution is 5.99. The number of esters is 1. The largest absolute Gasteiger partial charge is 0.465 e. The van der Waals surface area contributed by atoms with Gasteiger partial charge in [0, 0.05) is 23.7 Å². The Bertz CT molecular complexity index is 579. The van der Waals surface area contributed by atoms with Crippen molar-refractivity contribution in [3.8, 4) is 0 Å². The smallest absolute Gasteiger partial charge is 0.338 e. The van der Waals surface area contributed by atoms with Crippen LogP contribution in [-0.4, -0.2) is 30.0 Å². The maximum atomic E-state index is 12.2. The van der Waals surface area contributed by atoms with Gasteiger partial charge in [0.25, 0.3) is 11.6 Å². The van der Waals surface area contributed by atoms with E-state index in [1.807, 2.05) is 0 Å². The maximum absolute atomic E-state index is 12.2. The number of rotatable bonds is 4. The Hall–Kier alpha value is -2.44. The minimum atomic E-state index is -0.714. The summed E-state index contributed by atoms with van der Waals surface area (Å²) in [4.78, 5) is 33.9. The van der Waals surface area contributed by atoms with Gasteiger partial charge in [-0.2, -0.15) is 0 Å². The molecule has 1 aliphatic rings. The van der Waals surface area contributed by atoms with Gasteiger partial charge in [0.1, 0.15) is 0 Å². The first-order valence-corrected chi connectivity index (χ1v) is 6.70. The van der Waals surface area contributed by atoms with Crippen LogP contribution < -0.4 is 5.32 Å². The van der Waals surface area contributed by atoms with E-state index in [0.29, 0.717) is 0 Å². The monoisotopic (exact) mass is 292 g/mol. The summed E-state index contributed by atoms with van der Waals surface area (Å²) in [6.45, 7) is 0. The molecular weight excluding hydrogens is 276 g/mol. The second-order valence-corrected chi connectivity index (χ2v) is 4.97.